The number of piperazine rings is 1. The smallest absolute Gasteiger partial charge is 0.250 e. The number of likely N-dealkylation sites (N-methyl/N-ethyl adjacent to an activating group) is 1. The highest BCUT2D eigenvalue weighted by molar-refractivity contribution is 7.93. The van der Waals surface area contributed by atoms with Gasteiger partial charge in [-0.2, -0.15) is 5.26 Å². The highest BCUT2D eigenvalue weighted by Gasteiger charge is 2.41. The third-order valence-electron chi connectivity index (χ3n) is 7.78. The second-order valence-electron chi connectivity index (χ2n) is 10.6. The second kappa shape index (κ2) is 11.9. The fraction of sp³-hybridized carbons (Fsp3) is 0.414. The molecule has 2 aliphatic heterocycles. The van der Waals surface area contributed by atoms with Crippen molar-refractivity contribution < 1.29 is 32.9 Å². The quantitative estimate of drug-likeness (QED) is 0.302. The van der Waals surface area contributed by atoms with Crippen LogP contribution in [0.3, 0.4) is 0 Å². The van der Waals surface area contributed by atoms with Crippen molar-refractivity contribution in [1.82, 2.24) is 9.62 Å². The predicted molar refractivity (Wildman–Crippen MR) is 154 cm³/mol. The average molecular weight is 583 g/mol. The van der Waals surface area contributed by atoms with Crippen LogP contribution in [-0.2, 0) is 14.8 Å². The normalized spacial score (nSPS) is 26.3. The number of sulfonamides is 1. The van der Waals surface area contributed by atoms with Crippen LogP contribution in [0.4, 0.5) is 5.69 Å². The molecule has 2 aromatic carbocycles. The Morgan fingerprint density at radius 1 is 1.05 bits per heavy atom. The van der Waals surface area contributed by atoms with E-state index in [1.165, 1.54) is 12.6 Å². The number of anilines is 1. The van der Waals surface area contributed by atoms with Crippen LogP contribution in [0.5, 0.6) is 0 Å². The third-order valence-corrected chi connectivity index (χ3v) is 9.12. The molecule has 0 saturated carbocycles. The van der Waals surface area contributed by atoms with Crippen molar-refractivity contribution in [3.05, 3.63) is 59.2 Å². The average Bonchev–Trinajstić information content (AvgIpc) is 3.44. The molecule has 218 valence electrons. The first-order chi connectivity index (χ1) is 19.6. The summed E-state index contributed by atoms with van der Waals surface area (Å²) in [4.78, 5) is 4.09. The van der Waals surface area contributed by atoms with Crippen LogP contribution in [0, 0.1) is 17.2 Å². The SMILES string of the molecule is C[C@H]1C(O)O[C@H](CNS(=O)(=O)/C(C#N)=C/c2ccc(-c3ccc4cc(N5CCN(C)CC5)ccc4c3)o2)[C@@H](O)[C@@H]1O. The van der Waals surface area contributed by atoms with Crippen LogP contribution in [0.1, 0.15) is 12.7 Å². The number of nitrogens with one attached hydrogen (secondary N) is 1. The Labute approximate surface area is 238 Å². The van der Waals surface area contributed by atoms with Gasteiger partial charge in [-0.1, -0.05) is 25.1 Å². The van der Waals surface area contributed by atoms with Crippen molar-refractivity contribution in [3.63, 3.8) is 0 Å². The zero-order chi connectivity index (χ0) is 29.3. The summed E-state index contributed by atoms with van der Waals surface area (Å²) in [5.41, 5.74) is 1.99. The highest BCUT2D eigenvalue weighted by atomic mass is 32.2. The highest BCUT2D eigenvalue weighted by Crippen LogP contribution is 2.30. The van der Waals surface area contributed by atoms with Crippen molar-refractivity contribution in [2.24, 2.45) is 5.92 Å². The minimum Gasteiger partial charge on any atom is -0.457 e. The molecule has 3 aromatic rings. The van der Waals surface area contributed by atoms with Crippen LogP contribution in [0.25, 0.3) is 28.2 Å². The molecule has 0 spiro atoms. The molecular formula is C29H34N4O7S. The molecule has 1 aromatic heterocycles. The van der Waals surface area contributed by atoms with Crippen LogP contribution < -0.4 is 9.62 Å². The lowest BCUT2D eigenvalue weighted by Crippen LogP contribution is -2.56. The van der Waals surface area contributed by atoms with Crippen LogP contribution in [0.15, 0.2) is 57.9 Å². The van der Waals surface area contributed by atoms with Gasteiger partial charge in [-0.15, -0.1) is 0 Å². The summed E-state index contributed by atoms with van der Waals surface area (Å²) in [7, 11) is -2.18. The molecule has 0 aliphatic carbocycles. The van der Waals surface area contributed by atoms with Gasteiger partial charge in [-0.25, -0.2) is 13.1 Å². The number of rotatable bonds is 7. The van der Waals surface area contributed by atoms with Crippen LogP contribution in [0.2, 0.25) is 0 Å². The lowest BCUT2D eigenvalue weighted by molar-refractivity contribution is -0.257. The van der Waals surface area contributed by atoms with Crippen LogP contribution in [-0.4, -0.2) is 93.0 Å². The number of hydrogen-bond acceptors (Lipinski definition) is 10. The van der Waals surface area contributed by atoms with Crippen molar-refractivity contribution in [3.8, 4) is 17.4 Å². The van der Waals surface area contributed by atoms with Gasteiger partial charge in [-0.05, 0) is 48.2 Å². The number of hydrogen-bond donors (Lipinski definition) is 4. The van der Waals surface area contributed by atoms with Crippen molar-refractivity contribution in [1.29, 1.82) is 5.26 Å². The van der Waals surface area contributed by atoms with E-state index in [9.17, 15) is 29.0 Å². The van der Waals surface area contributed by atoms with E-state index in [1.54, 1.807) is 18.2 Å². The number of ether oxygens (including phenoxy) is 1. The van der Waals surface area contributed by atoms with Gasteiger partial charge in [0.15, 0.2) is 11.2 Å². The number of benzene rings is 2. The van der Waals surface area contributed by atoms with E-state index in [4.69, 9.17) is 9.15 Å². The van der Waals surface area contributed by atoms with E-state index < -0.39 is 52.0 Å². The molecule has 3 heterocycles. The van der Waals surface area contributed by atoms with Gasteiger partial charge < -0.3 is 34.3 Å². The number of furan rings is 1. The lowest BCUT2D eigenvalue weighted by atomic mass is 9.92. The maximum absolute atomic E-state index is 12.8. The van der Waals surface area contributed by atoms with E-state index in [0.717, 1.165) is 48.6 Å². The van der Waals surface area contributed by atoms with Gasteiger partial charge >= 0.3 is 0 Å². The fourth-order valence-corrected chi connectivity index (χ4v) is 5.98. The second-order valence-corrected chi connectivity index (χ2v) is 12.4. The molecule has 5 atom stereocenters. The van der Waals surface area contributed by atoms with E-state index in [2.05, 4.69) is 39.8 Å². The van der Waals surface area contributed by atoms with Gasteiger partial charge in [0.05, 0.1) is 6.10 Å². The lowest BCUT2D eigenvalue weighted by Gasteiger charge is -2.39. The molecule has 12 heteroatoms. The number of nitriles is 1. The van der Waals surface area contributed by atoms with Crippen molar-refractivity contribution in [2.75, 3.05) is 44.7 Å². The van der Waals surface area contributed by atoms with E-state index in [1.807, 2.05) is 18.2 Å². The topological polar surface area (TPSA) is 159 Å². The summed E-state index contributed by atoms with van der Waals surface area (Å²) in [5, 5.41) is 41.8. The number of allylic oxidation sites excluding steroid dienone is 1. The third kappa shape index (κ3) is 6.32. The standard InChI is InChI=1S/C29H34N4O7S/c1-18-27(34)28(35)26(40-29(18)36)17-31-41(37,38)24(16-30)15-23-7-8-25(39-23)21-4-3-20-14-22(6-5-19(20)13-21)33-11-9-32(2)10-12-33/h3-8,13-15,18,26-29,31,34-36H,9-12,17H2,1-2H3/b24-15+/t18-,26-,27-,28-,29?/m1/s1. The molecule has 2 fully saturated rings. The van der Waals surface area contributed by atoms with E-state index in [0.29, 0.717) is 5.76 Å². The van der Waals surface area contributed by atoms with E-state index >= 15 is 0 Å². The fourth-order valence-electron chi connectivity index (χ4n) is 5.05. The Kier molecular flexibility index (Phi) is 8.49. The summed E-state index contributed by atoms with van der Waals surface area (Å²) in [6, 6.07) is 17.3. The Morgan fingerprint density at radius 3 is 2.49 bits per heavy atom. The van der Waals surface area contributed by atoms with Gasteiger partial charge in [-0.3, -0.25) is 0 Å². The zero-order valence-corrected chi connectivity index (χ0v) is 23.7. The summed E-state index contributed by atoms with van der Waals surface area (Å²) in [6.45, 7) is 5.07. The van der Waals surface area contributed by atoms with Crippen molar-refractivity contribution in [2.45, 2.75) is 31.5 Å². The van der Waals surface area contributed by atoms with Crippen LogP contribution >= 0.6 is 0 Å². The largest absolute Gasteiger partial charge is 0.457 e. The molecule has 11 nitrogen and oxygen atoms in total. The van der Waals surface area contributed by atoms with Gasteiger partial charge in [0.1, 0.15) is 29.8 Å². The Hall–Kier alpha value is -3.28. The molecule has 2 saturated heterocycles. The summed E-state index contributed by atoms with van der Waals surface area (Å²) in [5.74, 6) is -0.0662. The molecular weight excluding hydrogens is 548 g/mol. The number of fused-ring (bicyclic) bond motifs is 1. The van der Waals surface area contributed by atoms with Gasteiger partial charge in [0, 0.05) is 56.0 Å². The molecule has 2 aliphatic rings. The van der Waals surface area contributed by atoms with Crippen molar-refractivity contribution >= 4 is 32.6 Å². The van der Waals surface area contributed by atoms with Gasteiger partial charge in [0.25, 0.3) is 10.0 Å². The summed E-state index contributed by atoms with van der Waals surface area (Å²) in [6.07, 6.45) is -4.18. The summed E-state index contributed by atoms with van der Waals surface area (Å²) < 4.78 is 38.9. The Balaban J connectivity index is 1.29. The summed E-state index contributed by atoms with van der Waals surface area (Å²) >= 11 is 0. The molecule has 4 N–H and O–H groups in total. The Bertz CT molecular complexity index is 1570. The Morgan fingerprint density at radius 2 is 1.76 bits per heavy atom. The van der Waals surface area contributed by atoms with E-state index in [-0.39, 0.29) is 5.76 Å². The first-order valence-corrected chi connectivity index (χ1v) is 14.9. The first-order valence-electron chi connectivity index (χ1n) is 13.4. The molecule has 0 bridgehead atoms. The molecule has 1 unspecified atom stereocenters. The molecule has 5 rings (SSSR count). The maximum atomic E-state index is 12.8. The predicted octanol–water partition coefficient (Wildman–Crippen LogP) is 1.71. The molecule has 0 radical (unpaired) electrons. The molecule has 0 amide bonds. The first kappa shape index (κ1) is 29.2. The molecule has 41 heavy (non-hydrogen) atoms. The number of nitrogens with zero attached hydrogens (tertiary/aromatic N) is 3. The minimum atomic E-state index is -4.31. The minimum absolute atomic E-state index is 0.168. The maximum Gasteiger partial charge on any atom is 0.250 e. The number of aliphatic hydroxyl groups excluding tert-OH is 3. The van der Waals surface area contributed by atoms with Gasteiger partial charge in [0.2, 0.25) is 0 Å². The number of aliphatic hydroxyl groups is 3. The zero-order valence-electron chi connectivity index (χ0n) is 22.8. The monoisotopic (exact) mass is 582 g/mol.